The van der Waals surface area contributed by atoms with Crippen LogP contribution in [-0.2, 0) is 0 Å². The Hall–Kier alpha value is -2.82. The number of urea groups is 1. The average molecular weight is 295 g/mol. The molecule has 5 nitrogen and oxygen atoms in total. The number of hydrogen-bond donors (Lipinski definition) is 2. The molecule has 0 atom stereocenters. The maximum atomic E-state index is 12.3. The van der Waals surface area contributed by atoms with Crippen molar-refractivity contribution in [3.8, 4) is 0 Å². The van der Waals surface area contributed by atoms with Crippen LogP contribution in [0.2, 0.25) is 0 Å². The molecule has 3 rings (SSSR count). The number of amides is 3. The van der Waals surface area contributed by atoms with Gasteiger partial charge in [-0.2, -0.15) is 0 Å². The van der Waals surface area contributed by atoms with E-state index in [-0.39, 0.29) is 11.9 Å². The molecule has 1 aliphatic rings. The highest BCUT2D eigenvalue weighted by molar-refractivity contribution is 6.05. The summed E-state index contributed by atoms with van der Waals surface area (Å²) in [6, 6.07) is 14.6. The van der Waals surface area contributed by atoms with Gasteiger partial charge in [0, 0.05) is 30.0 Å². The standard InChI is InChI=1S/C17H17N3O2/c1-12-5-2-3-8-15(12)16(21)19-13-6-4-7-14(11-13)20-10-9-18-17(20)22/h2-8,11H,9-10H2,1H3,(H,18,22)(H,19,21). The van der Waals surface area contributed by atoms with Crippen LogP contribution in [0, 0.1) is 6.92 Å². The number of nitrogens with zero attached hydrogens (tertiary/aromatic N) is 1. The van der Waals surface area contributed by atoms with E-state index in [0.29, 0.717) is 24.3 Å². The first-order valence-corrected chi connectivity index (χ1v) is 7.17. The third-order valence-electron chi connectivity index (χ3n) is 3.66. The second-order valence-corrected chi connectivity index (χ2v) is 5.20. The highest BCUT2D eigenvalue weighted by Crippen LogP contribution is 2.21. The Morgan fingerprint density at radius 1 is 1.18 bits per heavy atom. The average Bonchev–Trinajstić information content (AvgIpc) is 2.94. The number of benzene rings is 2. The van der Waals surface area contributed by atoms with E-state index in [1.165, 1.54) is 0 Å². The van der Waals surface area contributed by atoms with Crippen LogP contribution < -0.4 is 15.5 Å². The third-order valence-corrected chi connectivity index (χ3v) is 3.66. The van der Waals surface area contributed by atoms with Crippen LogP contribution in [0.25, 0.3) is 0 Å². The molecule has 3 amide bonds. The van der Waals surface area contributed by atoms with Crippen molar-refractivity contribution in [1.82, 2.24) is 5.32 Å². The van der Waals surface area contributed by atoms with Crippen LogP contribution in [0.1, 0.15) is 15.9 Å². The predicted molar refractivity (Wildman–Crippen MR) is 86.3 cm³/mol. The van der Waals surface area contributed by atoms with Crippen molar-refractivity contribution in [3.05, 3.63) is 59.7 Å². The highest BCUT2D eigenvalue weighted by atomic mass is 16.2. The lowest BCUT2D eigenvalue weighted by Gasteiger charge is -2.15. The zero-order valence-electron chi connectivity index (χ0n) is 12.3. The monoisotopic (exact) mass is 295 g/mol. The molecule has 2 aromatic rings. The Labute approximate surface area is 128 Å². The van der Waals surface area contributed by atoms with Gasteiger partial charge in [0.1, 0.15) is 0 Å². The van der Waals surface area contributed by atoms with Crippen LogP contribution in [0.5, 0.6) is 0 Å². The molecule has 0 bridgehead atoms. The third kappa shape index (κ3) is 2.79. The molecule has 22 heavy (non-hydrogen) atoms. The number of carbonyl (C=O) groups is 2. The number of carbonyl (C=O) groups excluding carboxylic acids is 2. The summed E-state index contributed by atoms with van der Waals surface area (Å²) in [5.74, 6) is -0.152. The smallest absolute Gasteiger partial charge is 0.321 e. The Balaban J connectivity index is 1.80. The Bertz CT molecular complexity index is 727. The van der Waals surface area contributed by atoms with Crippen LogP contribution in [-0.4, -0.2) is 25.0 Å². The molecule has 0 aliphatic carbocycles. The number of hydrogen-bond acceptors (Lipinski definition) is 2. The van der Waals surface area contributed by atoms with Crippen molar-refractivity contribution in [2.45, 2.75) is 6.92 Å². The molecular weight excluding hydrogens is 278 g/mol. The summed E-state index contributed by atoms with van der Waals surface area (Å²) in [6.07, 6.45) is 0. The molecule has 1 aliphatic heterocycles. The van der Waals surface area contributed by atoms with Crippen molar-refractivity contribution in [2.24, 2.45) is 0 Å². The normalized spacial score (nSPS) is 13.9. The summed E-state index contributed by atoms with van der Waals surface area (Å²) >= 11 is 0. The first-order chi connectivity index (χ1) is 10.6. The summed E-state index contributed by atoms with van der Waals surface area (Å²) in [4.78, 5) is 25.7. The van der Waals surface area contributed by atoms with Crippen molar-refractivity contribution in [1.29, 1.82) is 0 Å². The van der Waals surface area contributed by atoms with E-state index in [2.05, 4.69) is 10.6 Å². The SMILES string of the molecule is Cc1ccccc1C(=O)Nc1cccc(N2CCNC2=O)c1. The Kier molecular flexibility index (Phi) is 3.78. The van der Waals surface area contributed by atoms with Gasteiger partial charge in [-0.15, -0.1) is 0 Å². The van der Waals surface area contributed by atoms with Crippen LogP contribution in [0.3, 0.4) is 0 Å². The van der Waals surface area contributed by atoms with Crippen molar-refractivity contribution in [2.75, 3.05) is 23.3 Å². The lowest BCUT2D eigenvalue weighted by molar-refractivity contribution is 0.102. The van der Waals surface area contributed by atoms with Gasteiger partial charge in [-0.05, 0) is 36.8 Å². The van der Waals surface area contributed by atoms with E-state index < -0.39 is 0 Å². The van der Waals surface area contributed by atoms with Crippen LogP contribution in [0.15, 0.2) is 48.5 Å². The second kappa shape index (κ2) is 5.89. The molecule has 0 radical (unpaired) electrons. The molecule has 1 saturated heterocycles. The van der Waals surface area contributed by atoms with E-state index in [1.54, 1.807) is 17.0 Å². The molecule has 2 aromatic carbocycles. The Morgan fingerprint density at radius 2 is 2.00 bits per heavy atom. The van der Waals surface area contributed by atoms with Gasteiger partial charge in [0.05, 0.1) is 0 Å². The number of aryl methyl sites for hydroxylation is 1. The summed E-state index contributed by atoms with van der Waals surface area (Å²) in [5.41, 5.74) is 3.02. The molecular formula is C17H17N3O2. The minimum absolute atomic E-state index is 0.109. The minimum Gasteiger partial charge on any atom is -0.336 e. The topological polar surface area (TPSA) is 61.4 Å². The first kappa shape index (κ1) is 14.1. The highest BCUT2D eigenvalue weighted by Gasteiger charge is 2.21. The van der Waals surface area contributed by atoms with Gasteiger partial charge < -0.3 is 10.6 Å². The van der Waals surface area contributed by atoms with E-state index in [0.717, 1.165) is 11.3 Å². The lowest BCUT2D eigenvalue weighted by atomic mass is 10.1. The molecule has 0 aromatic heterocycles. The predicted octanol–water partition coefficient (Wildman–Crippen LogP) is 2.78. The minimum atomic E-state index is -0.152. The van der Waals surface area contributed by atoms with Gasteiger partial charge in [0.2, 0.25) is 0 Å². The number of nitrogens with one attached hydrogen (secondary N) is 2. The van der Waals surface area contributed by atoms with E-state index in [9.17, 15) is 9.59 Å². The van der Waals surface area contributed by atoms with E-state index in [1.807, 2.05) is 43.3 Å². The fourth-order valence-corrected chi connectivity index (χ4v) is 2.50. The first-order valence-electron chi connectivity index (χ1n) is 7.17. The second-order valence-electron chi connectivity index (χ2n) is 5.20. The number of rotatable bonds is 3. The van der Waals surface area contributed by atoms with Crippen molar-refractivity contribution in [3.63, 3.8) is 0 Å². The maximum Gasteiger partial charge on any atom is 0.321 e. The molecule has 2 N–H and O–H groups in total. The summed E-state index contributed by atoms with van der Waals surface area (Å²) in [6.45, 7) is 3.17. The molecule has 0 unspecified atom stereocenters. The molecule has 112 valence electrons. The quantitative estimate of drug-likeness (QED) is 0.914. The van der Waals surface area contributed by atoms with E-state index >= 15 is 0 Å². The summed E-state index contributed by atoms with van der Waals surface area (Å²) in [7, 11) is 0. The van der Waals surface area contributed by atoms with Crippen molar-refractivity contribution >= 4 is 23.3 Å². The number of anilines is 2. The van der Waals surface area contributed by atoms with Gasteiger partial charge in [-0.25, -0.2) is 4.79 Å². The molecule has 1 fully saturated rings. The van der Waals surface area contributed by atoms with Crippen molar-refractivity contribution < 1.29 is 9.59 Å². The fourth-order valence-electron chi connectivity index (χ4n) is 2.50. The van der Waals surface area contributed by atoms with Gasteiger partial charge in [-0.1, -0.05) is 24.3 Å². The van der Waals surface area contributed by atoms with Crippen LogP contribution >= 0.6 is 0 Å². The molecule has 0 spiro atoms. The molecule has 0 saturated carbocycles. The largest absolute Gasteiger partial charge is 0.336 e. The van der Waals surface area contributed by atoms with Crippen LogP contribution in [0.4, 0.5) is 16.2 Å². The van der Waals surface area contributed by atoms with E-state index in [4.69, 9.17) is 0 Å². The van der Waals surface area contributed by atoms with Gasteiger partial charge in [0.15, 0.2) is 0 Å². The Morgan fingerprint density at radius 3 is 2.73 bits per heavy atom. The van der Waals surface area contributed by atoms with Gasteiger partial charge in [0.25, 0.3) is 5.91 Å². The zero-order chi connectivity index (χ0) is 15.5. The fraction of sp³-hybridized carbons (Fsp3) is 0.176. The molecule has 5 heteroatoms. The summed E-state index contributed by atoms with van der Waals surface area (Å²) in [5, 5.41) is 5.64. The van der Waals surface area contributed by atoms with Gasteiger partial charge >= 0.3 is 6.03 Å². The molecule has 1 heterocycles. The summed E-state index contributed by atoms with van der Waals surface area (Å²) < 4.78 is 0. The maximum absolute atomic E-state index is 12.3. The lowest BCUT2D eigenvalue weighted by Crippen LogP contribution is -2.27. The van der Waals surface area contributed by atoms with Gasteiger partial charge in [-0.3, -0.25) is 9.69 Å². The zero-order valence-corrected chi connectivity index (χ0v) is 12.3.